The molecule has 0 spiro atoms. The van der Waals surface area contributed by atoms with Crippen LogP contribution < -0.4 is 0 Å². The fraction of sp³-hybridized carbons (Fsp3) is 0.882. The average molecular weight is 373 g/mol. The zero-order chi connectivity index (χ0) is 14.6. The van der Waals surface area contributed by atoms with Gasteiger partial charge in [0.05, 0.1) is 0 Å². The first-order valence-corrected chi connectivity index (χ1v) is 15.8. The second-order valence-electron chi connectivity index (χ2n) is 5.95. The van der Waals surface area contributed by atoms with Crippen LogP contribution in [-0.2, 0) is 0 Å². The molecule has 1 nitrogen and oxygen atoms in total. The number of aliphatic hydroxyl groups excluding tert-OH is 1. The Hall–Kier alpha value is 0.319. The molecule has 0 aliphatic heterocycles. The molecular formula is C17H34OSn. The van der Waals surface area contributed by atoms with E-state index in [1.807, 2.05) is 6.92 Å². The Morgan fingerprint density at radius 2 is 1.32 bits per heavy atom. The van der Waals surface area contributed by atoms with Crippen molar-refractivity contribution in [1.29, 1.82) is 0 Å². The molecule has 1 unspecified atom stereocenters. The van der Waals surface area contributed by atoms with Crippen molar-refractivity contribution in [1.82, 2.24) is 0 Å². The molecule has 0 aliphatic rings. The summed E-state index contributed by atoms with van der Waals surface area (Å²) in [6, 6.07) is 0. The summed E-state index contributed by atoms with van der Waals surface area (Å²) >= 11 is -2.23. The summed E-state index contributed by atoms with van der Waals surface area (Å²) in [5.74, 6) is 3.35. The monoisotopic (exact) mass is 374 g/mol. The minimum atomic E-state index is -2.23. The van der Waals surface area contributed by atoms with Crippen LogP contribution >= 0.6 is 0 Å². The maximum absolute atomic E-state index is 9.40. The van der Waals surface area contributed by atoms with E-state index in [0.29, 0.717) is 6.42 Å². The summed E-state index contributed by atoms with van der Waals surface area (Å²) in [5, 5.41) is 9.40. The van der Waals surface area contributed by atoms with Gasteiger partial charge < -0.3 is 0 Å². The topological polar surface area (TPSA) is 20.2 Å². The average Bonchev–Trinajstić information content (AvgIpc) is 2.39. The number of aliphatic hydroxyl groups is 1. The van der Waals surface area contributed by atoms with Crippen molar-refractivity contribution in [3.63, 3.8) is 0 Å². The van der Waals surface area contributed by atoms with Crippen LogP contribution in [0.3, 0.4) is 0 Å². The fourth-order valence-corrected chi connectivity index (χ4v) is 15.9. The first kappa shape index (κ1) is 19.3. The van der Waals surface area contributed by atoms with Crippen molar-refractivity contribution in [2.45, 2.75) is 92.1 Å². The third-order valence-electron chi connectivity index (χ3n) is 3.78. The van der Waals surface area contributed by atoms with Crippen LogP contribution in [0, 0.1) is 9.86 Å². The second-order valence-corrected chi connectivity index (χ2v) is 18.2. The van der Waals surface area contributed by atoms with Crippen molar-refractivity contribution in [2.75, 3.05) is 0 Å². The normalized spacial score (nSPS) is 12.9. The van der Waals surface area contributed by atoms with E-state index in [-0.39, 0.29) is 6.10 Å². The van der Waals surface area contributed by atoms with Gasteiger partial charge in [0.15, 0.2) is 0 Å². The van der Waals surface area contributed by atoms with Crippen molar-refractivity contribution >= 4 is 18.4 Å². The third-order valence-corrected chi connectivity index (χ3v) is 17.0. The quantitative estimate of drug-likeness (QED) is 0.415. The summed E-state index contributed by atoms with van der Waals surface area (Å²) in [5.41, 5.74) is 0. The SMILES string of the molecule is CCC[CH2][Sn]([C]#CCC(C)O)([CH2]CCC)[CH2]CCC. The van der Waals surface area contributed by atoms with Crippen LogP contribution in [0.25, 0.3) is 0 Å². The van der Waals surface area contributed by atoms with Crippen LogP contribution in [-0.4, -0.2) is 29.6 Å². The van der Waals surface area contributed by atoms with Crippen LogP contribution in [0.4, 0.5) is 0 Å². The molecule has 0 aromatic carbocycles. The molecule has 0 aromatic heterocycles. The van der Waals surface area contributed by atoms with E-state index < -0.39 is 18.4 Å². The summed E-state index contributed by atoms with van der Waals surface area (Å²) in [7, 11) is 0. The van der Waals surface area contributed by atoms with Crippen LogP contribution in [0.2, 0.25) is 13.3 Å². The molecule has 0 aromatic rings. The van der Waals surface area contributed by atoms with Crippen molar-refractivity contribution < 1.29 is 5.11 Å². The Bertz CT molecular complexity index is 240. The van der Waals surface area contributed by atoms with Gasteiger partial charge in [0, 0.05) is 0 Å². The van der Waals surface area contributed by atoms with E-state index in [2.05, 4.69) is 30.6 Å². The first-order valence-electron chi connectivity index (χ1n) is 8.28. The van der Waals surface area contributed by atoms with Crippen molar-refractivity contribution in [3.05, 3.63) is 0 Å². The molecule has 112 valence electrons. The molecule has 2 heteroatoms. The van der Waals surface area contributed by atoms with Gasteiger partial charge in [-0.2, -0.15) is 0 Å². The molecule has 0 radical (unpaired) electrons. The summed E-state index contributed by atoms with van der Waals surface area (Å²) < 4.78 is 8.10. The molecular weight excluding hydrogens is 339 g/mol. The van der Waals surface area contributed by atoms with Crippen LogP contribution in [0.15, 0.2) is 0 Å². The van der Waals surface area contributed by atoms with Crippen LogP contribution in [0.5, 0.6) is 0 Å². The number of rotatable bonds is 10. The molecule has 0 aliphatic carbocycles. The Kier molecular flexibility index (Phi) is 12.3. The van der Waals surface area contributed by atoms with E-state index in [9.17, 15) is 5.11 Å². The van der Waals surface area contributed by atoms with Gasteiger partial charge in [0.25, 0.3) is 0 Å². The van der Waals surface area contributed by atoms with Gasteiger partial charge in [-0.1, -0.05) is 0 Å². The van der Waals surface area contributed by atoms with Gasteiger partial charge >= 0.3 is 125 Å². The van der Waals surface area contributed by atoms with E-state index in [1.165, 1.54) is 51.8 Å². The fourth-order valence-electron chi connectivity index (χ4n) is 2.49. The maximum atomic E-state index is 9.40. The first-order chi connectivity index (χ1) is 9.10. The van der Waals surface area contributed by atoms with Gasteiger partial charge in [-0.05, 0) is 0 Å². The van der Waals surface area contributed by atoms with Gasteiger partial charge in [0.2, 0.25) is 0 Å². The number of hydrogen-bond acceptors (Lipinski definition) is 1. The van der Waals surface area contributed by atoms with E-state index >= 15 is 0 Å². The molecule has 1 atom stereocenters. The summed E-state index contributed by atoms with van der Waals surface area (Å²) in [4.78, 5) is 0. The zero-order valence-corrected chi connectivity index (χ0v) is 16.4. The Labute approximate surface area is 125 Å². The standard InChI is InChI=1S/C5H7O.3C4H9.Sn/c1-3-4-5(2)6;3*1-3-4-2;/h5-6H,4H2,2H3;3*1,3-4H2,2H3;. The van der Waals surface area contributed by atoms with Gasteiger partial charge in [-0.25, -0.2) is 0 Å². The molecule has 0 amide bonds. The molecule has 0 heterocycles. The third kappa shape index (κ3) is 9.79. The summed E-state index contributed by atoms with van der Waals surface area (Å²) in [6.45, 7) is 8.72. The Morgan fingerprint density at radius 1 is 0.895 bits per heavy atom. The number of hydrogen-bond donors (Lipinski definition) is 1. The molecule has 19 heavy (non-hydrogen) atoms. The van der Waals surface area contributed by atoms with E-state index in [0.717, 1.165) is 0 Å². The van der Waals surface area contributed by atoms with E-state index in [1.54, 1.807) is 0 Å². The predicted octanol–water partition coefficient (Wildman–Crippen LogP) is 5.15. The van der Waals surface area contributed by atoms with Gasteiger partial charge in [-0.15, -0.1) is 0 Å². The van der Waals surface area contributed by atoms with Gasteiger partial charge in [-0.3, -0.25) is 0 Å². The van der Waals surface area contributed by atoms with Crippen molar-refractivity contribution in [2.24, 2.45) is 0 Å². The molecule has 0 rings (SSSR count). The molecule has 0 fully saturated rings. The minimum absolute atomic E-state index is 0.264. The van der Waals surface area contributed by atoms with Crippen LogP contribution in [0.1, 0.15) is 72.6 Å². The number of unbranched alkanes of at least 4 members (excludes halogenated alkanes) is 3. The molecule has 0 bridgehead atoms. The Balaban J connectivity index is 4.78. The summed E-state index contributed by atoms with van der Waals surface area (Å²) in [6.07, 6.45) is 8.41. The second kappa shape index (κ2) is 12.1. The van der Waals surface area contributed by atoms with E-state index in [4.69, 9.17) is 0 Å². The molecule has 1 N–H and O–H groups in total. The molecule has 0 saturated heterocycles. The Morgan fingerprint density at radius 3 is 1.63 bits per heavy atom. The van der Waals surface area contributed by atoms with Crippen molar-refractivity contribution in [3.8, 4) is 9.86 Å². The molecule has 0 saturated carbocycles. The zero-order valence-electron chi connectivity index (χ0n) is 13.6. The van der Waals surface area contributed by atoms with Gasteiger partial charge in [0.1, 0.15) is 0 Å². The predicted molar refractivity (Wildman–Crippen MR) is 89.0 cm³/mol.